The van der Waals surface area contributed by atoms with Crippen molar-refractivity contribution in [3.05, 3.63) is 66.4 Å². The number of carbonyl (C=O) groups is 1. The highest BCUT2D eigenvalue weighted by Crippen LogP contribution is 2.18. The van der Waals surface area contributed by atoms with Gasteiger partial charge in [0, 0.05) is 11.7 Å². The smallest absolute Gasteiger partial charge is 0.326 e. The fourth-order valence-corrected chi connectivity index (χ4v) is 2.62. The first-order valence-electron chi connectivity index (χ1n) is 8.17. The Morgan fingerprint density at radius 3 is 2.67 bits per heavy atom. The van der Waals surface area contributed by atoms with E-state index in [0.717, 1.165) is 23.1 Å². The molecule has 0 fully saturated rings. The van der Waals surface area contributed by atoms with Gasteiger partial charge in [-0.05, 0) is 47.7 Å². The molecule has 0 amide bonds. The lowest BCUT2D eigenvalue weighted by Crippen LogP contribution is -2.16. The van der Waals surface area contributed by atoms with E-state index < -0.39 is 0 Å². The van der Waals surface area contributed by atoms with Gasteiger partial charge in [-0.2, -0.15) is 0 Å². The number of aromatic nitrogens is 1. The van der Waals surface area contributed by atoms with Gasteiger partial charge >= 0.3 is 5.97 Å². The summed E-state index contributed by atoms with van der Waals surface area (Å²) >= 11 is 0. The first-order valence-corrected chi connectivity index (χ1v) is 8.17. The number of fused-ring (bicyclic) bond motifs is 1. The van der Waals surface area contributed by atoms with Crippen LogP contribution in [0.5, 0.6) is 5.75 Å². The standard InChI is InChI=1S/C20H21NO3/c1-2-16-8-9-19-17(14-16)10-11-21(19)15-20(22)24-13-12-23-18-6-4-3-5-7-18/h3-11,14H,2,12-13,15H2,1H3. The fraction of sp³-hybridized carbons (Fsp3) is 0.250. The number of ether oxygens (including phenoxy) is 2. The molecule has 0 unspecified atom stereocenters. The summed E-state index contributed by atoms with van der Waals surface area (Å²) in [4.78, 5) is 12.0. The van der Waals surface area contributed by atoms with Crippen molar-refractivity contribution in [3.8, 4) is 5.75 Å². The van der Waals surface area contributed by atoms with E-state index in [0.29, 0.717) is 6.61 Å². The van der Waals surface area contributed by atoms with E-state index in [9.17, 15) is 4.79 Å². The normalized spacial score (nSPS) is 10.7. The Morgan fingerprint density at radius 2 is 1.88 bits per heavy atom. The van der Waals surface area contributed by atoms with Crippen LogP contribution in [0.2, 0.25) is 0 Å². The minimum absolute atomic E-state index is 0.209. The number of rotatable bonds is 7. The second-order valence-electron chi connectivity index (χ2n) is 5.57. The summed E-state index contributed by atoms with van der Waals surface area (Å²) in [6.07, 6.45) is 2.93. The third kappa shape index (κ3) is 3.96. The van der Waals surface area contributed by atoms with Gasteiger partial charge in [0.2, 0.25) is 0 Å². The van der Waals surface area contributed by atoms with Crippen molar-refractivity contribution in [3.63, 3.8) is 0 Å². The number of carbonyl (C=O) groups excluding carboxylic acids is 1. The Hall–Kier alpha value is -2.75. The van der Waals surface area contributed by atoms with E-state index in [1.54, 1.807) is 0 Å². The van der Waals surface area contributed by atoms with Gasteiger partial charge in [0.15, 0.2) is 0 Å². The highest BCUT2D eigenvalue weighted by molar-refractivity contribution is 5.82. The lowest BCUT2D eigenvalue weighted by Gasteiger charge is -2.08. The quantitative estimate of drug-likeness (QED) is 0.490. The minimum atomic E-state index is -0.260. The molecule has 0 bridgehead atoms. The van der Waals surface area contributed by atoms with Crippen molar-refractivity contribution in [2.75, 3.05) is 13.2 Å². The molecule has 0 aliphatic carbocycles. The number of esters is 1. The van der Waals surface area contributed by atoms with Gasteiger partial charge in [-0.15, -0.1) is 0 Å². The van der Waals surface area contributed by atoms with Gasteiger partial charge < -0.3 is 14.0 Å². The first kappa shape index (κ1) is 16.1. The van der Waals surface area contributed by atoms with E-state index >= 15 is 0 Å². The molecule has 2 aromatic carbocycles. The predicted octanol–water partition coefficient (Wildman–Crippen LogP) is 3.83. The molecule has 0 atom stereocenters. The van der Waals surface area contributed by atoms with Gasteiger partial charge in [-0.1, -0.05) is 31.2 Å². The molecular formula is C20H21NO3. The number of aryl methyl sites for hydroxylation is 1. The monoisotopic (exact) mass is 323 g/mol. The molecule has 4 heteroatoms. The summed E-state index contributed by atoms with van der Waals surface area (Å²) in [5, 5.41) is 1.15. The highest BCUT2D eigenvalue weighted by atomic mass is 16.6. The predicted molar refractivity (Wildman–Crippen MR) is 94.2 cm³/mol. The Labute approximate surface area is 141 Å². The molecule has 0 N–H and O–H groups in total. The lowest BCUT2D eigenvalue weighted by molar-refractivity contribution is -0.145. The summed E-state index contributed by atoms with van der Waals surface area (Å²) in [6.45, 7) is 2.93. The first-order chi connectivity index (χ1) is 11.8. The molecule has 0 spiro atoms. The third-order valence-corrected chi connectivity index (χ3v) is 3.90. The van der Waals surface area contributed by atoms with Gasteiger partial charge in [-0.3, -0.25) is 4.79 Å². The van der Waals surface area contributed by atoms with Crippen molar-refractivity contribution in [1.82, 2.24) is 4.57 Å². The molecule has 1 heterocycles. The second-order valence-corrected chi connectivity index (χ2v) is 5.57. The van der Waals surface area contributed by atoms with Gasteiger partial charge in [0.25, 0.3) is 0 Å². The van der Waals surface area contributed by atoms with Crippen molar-refractivity contribution >= 4 is 16.9 Å². The summed E-state index contributed by atoms with van der Waals surface area (Å²) in [5.74, 6) is 0.514. The molecule has 124 valence electrons. The van der Waals surface area contributed by atoms with Crippen LogP contribution in [0, 0.1) is 0 Å². The van der Waals surface area contributed by atoms with Crippen molar-refractivity contribution in [2.45, 2.75) is 19.9 Å². The zero-order chi connectivity index (χ0) is 16.8. The number of hydrogen-bond acceptors (Lipinski definition) is 3. The molecule has 0 saturated carbocycles. The van der Waals surface area contributed by atoms with Crippen LogP contribution in [0.1, 0.15) is 12.5 Å². The Morgan fingerprint density at radius 1 is 1.04 bits per heavy atom. The number of para-hydroxylation sites is 1. The van der Waals surface area contributed by atoms with E-state index in [2.05, 4.69) is 25.1 Å². The van der Waals surface area contributed by atoms with Gasteiger partial charge in [0.1, 0.15) is 25.5 Å². The molecule has 0 aliphatic rings. The lowest BCUT2D eigenvalue weighted by atomic mass is 10.1. The average molecular weight is 323 g/mol. The van der Waals surface area contributed by atoms with Crippen LogP contribution in [-0.2, 0) is 22.5 Å². The van der Waals surface area contributed by atoms with Crippen LogP contribution >= 0.6 is 0 Å². The maximum Gasteiger partial charge on any atom is 0.326 e. The minimum Gasteiger partial charge on any atom is -0.490 e. The summed E-state index contributed by atoms with van der Waals surface area (Å²) in [6, 6.07) is 17.8. The summed E-state index contributed by atoms with van der Waals surface area (Å²) in [7, 11) is 0. The maximum absolute atomic E-state index is 12.0. The van der Waals surface area contributed by atoms with Crippen LogP contribution < -0.4 is 4.74 Å². The Balaban J connectivity index is 1.50. The van der Waals surface area contributed by atoms with Crippen LogP contribution in [-0.4, -0.2) is 23.8 Å². The van der Waals surface area contributed by atoms with Gasteiger partial charge in [-0.25, -0.2) is 0 Å². The van der Waals surface area contributed by atoms with Crippen molar-refractivity contribution in [1.29, 1.82) is 0 Å². The molecular weight excluding hydrogens is 302 g/mol. The number of hydrogen-bond donors (Lipinski definition) is 0. The van der Waals surface area contributed by atoms with E-state index in [1.165, 1.54) is 5.56 Å². The largest absolute Gasteiger partial charge is 0.490 e. The third-order valence-electron chi connectivity index (χ3n) is 3.90. The highest BCUT2D eigenvalue weighted by Gasteiger charge is 2.08. The van der Waals surface area contributed by atoms with E-state index in [1.807, 2.05) is 47.2 Å². The zero-order valence-electron chi connectivity index (χ0n) is 13.8. The fourth-order valence-electron chi connectivity index (χ4n) is 2.62. The van der Waals surface area contributed by atoms with Crippen LogP contribution in [0.15, 0.2) is 60.8 Å². The van der Waals surface area contributed by atoms with Crippen LogP contribution in [0.4, 0.5) is 0 Å². The molecule has 0 saturated heterocycles. The number of nitrogens with zero attached hydrogens (tertiary/aromatic N) is 1. The maximum atomic E-state index is 12.0. The molecule has 3 aromatic rings. The summed E-state index contributed by atoms with van der Waals surface area (Å²) < 4.78 is 12.7. The molecule has 0 radical (unpaired) electrons. The molecule has 4 nitrogen and oxygen atoms in total. The summed E-state index contributed by atoms with van der Waals surface area (Å²) in [5.41, 5.74) is 2.34. The molecule has 0 aliphatic heterocycles. The average Bonchev–Trinajstić information content (AvgIpc) is 3.01. The second kappa shape index (κ2) is 7.68. The van der Waals surface area contributed by atoms with Gasteiger partial charge in [0.05, 0.1) is 0 Å². The SMILES string of the molecule is CCc1ccc2c(ccn2CC(=O)OCCOc2ccccc2)c1. The van der Waals surface area contributed by atoms with E-state index in [-0.39, 0.29) is 19.1 Å². The van der Waals surface area contributed by atoms with Crippen LogP contribution in [0.3, 0.4) is 0 Å². The van der Waals surface area contributed by atoms with Crippen molar-refractivity contribution < 1.29 is 14.3 Å². The Kier molecular flexibility index (Phi) is 5.16. The molecule has 24 heavy (non-hydrogen) atoms. The van der Waals surface area contributed by atoms with E-state index in [4.69, 9.17) is 9.47 Å². The Bertz CT molecular complexity index is 808. The van der Waals surface area contributed by atoms with Crippen molar-refractivity contribution in [2.24, 2.45) is 0 Å². The molecule has 1 aromatic heterocycles. The molecule has 3 rings (SSSR count). The number of benzene rings is 2. The zero-order valence-corrected chi connectivity index (χ0v) is 13.8. The topological polar surface area (TPSA) is 40.5 Å². The van der Waals surface area contributed by atoms with Crippen LogP contribution in [0.25, 0.3) is 10.9 Å².